The molecule has 6 aromatic rings. The number of rotatable bonds is 1. The molecule has 3 saturated heterocycles. The third kappa shape index (κ3) is 6.45. The number of imidazole rings is 1. The summed E-state index contributed by atoms with van der Waals surface area (Å²) in [7, 11) is 1.74. The number of hydrogen-bond donors (Lipinski definition) is 1. The van der Waals surface area contributed by atoms with E-state index < -0.39 is 23.7 Å². The van der Waals surface area contributed by atoms with Crippen LogP contribution in [0.4, 0.5) is 26.4 Å². The zero-order chi connectivity index (χ0) is 41.5. The normalized spacial score (nSPS) is 23.1. The first-order valence-corrected chi connectivity index (χ1v) is 20.9. The van der Waals surface area contributed by atoms with Gasteiger partial charge in [-0.15, -0.1) is 0 Å². The summed E-state index contributed by atoms with van der Waals surface area (Å²) in [6, 6.07) is 11.4. The number of halogens is 2. The van der Waals surface area contributed by atoms with Crippen molar-refractivity contribution < 1.29 is 27.8 Å². The van der Waals surface area contributed by atoms with Crippen LogP contribution in [-0.4, -0.2) is 133 Å². The molecule has 314 valence electrons. The van der Waals surface area contributed by atoms with E-state index in [2.05, 4.69) is 5.32 Å². The van der Waals surface area contributed by atoms with Crippen LogP contribution in [0.15, 0.2) is 54.7 Å². The molecule has 0 radical (unpaired) electrons. The molecule has 2 aromatic carbocycles. The molecule has 4 atom stereocenters. The van der Waals surface area contributed by atoms with Crippen LogP contribution < -0.4 is 19.9 Å². The minimum absolute atomic E-state index is 0.0666. The van der Waals surface area contributed by atoms with Crippen LogP contribution in [-0.2, 0) is 20.9 Å². The first kappa shape index (κ1) is 37.6. The van der Waals surface area contributed by atoms with Gasteiger partial charge in [-0.1, -0.05) is 6.07 Å². The van der Waals surface area contributed by atoms with Gasteiger partial charge in [0.15, 0.2) is 5.65 Å². The molecule has 5 aliphatic rings. The second-order valence-electron chi connectivity index (χ2n) is 16.6. The van der Waals surface area contributed by atoms with Crippen molar-refractivity contribution in [3.05, 3.63) is 72.2 Å². The molecule has 61 heavy (non-hydrogen) atoms. The fraction of sp³-hybridized carbons (Fsp3) is 0.419. The topological polar surface area (TPSA) is 152 Å². The smallest absolute Gasteiger partial charge is 0.245 e. The van der Waals surface area contributed by atoms with Gasteiger partial charge in [-0.05, 0) is 62.9 Å². The fourth-order valence-corrected chi connectivity index (χ4v) is 9.78. The predicted molar refractivity (Wildman–Crippen MR) is 222 cm³/mol. The lowest BCUT2D eigenvalue weighted by Crippen LogP contribution is -2.49. The van der Waals surface area contributed by atoms with E-state index in [0.29, 0.717) is 122 Å². The first-order chi connectivity index (χ1) is 29.7. The van der Waals surface area contributed by atoms with E-state index in [1.54, 1.807) is 28.9 Å². The number of carbonyl (C=O) groups excluding carboxylic acids is 2. The Kier molecular flexibility index (Phi) is 9.01. The summed E-state index contributed by atoms with van der Waals surface area (Å²) in [6.07, 6.45) is 3.76. The first-order valence-electron chi connectivity index (χ1n) is 20.9. The Morgan fingerprint density at radius 3 is 2.66 bits per heavy atom. The number of ether oxygens (including phenoxy) is 2. The summed E-state index contributed by atoms with van der Waals surface area (Å²) < 4.78 is 46.2. The number of carbonyl (C=O) groups is 2. The summed E-state index contributed by atoms with van der Waals surface area (Å²) in [4.78, 5) is 56.8. The van der Waals surface area contributed by atoms with Crippen molar-refractivity contribution in [1.29, 1.82) is 0 Å². The number of aryl methyl sites for hydroxylation is 1. The molecule has 2 amide bonds. The van der Waals surface area contributed by atoms with Gasteiger partial charge in [-0.25, -0.2) is 23.4 Å². The van der Waals surface area contributed by atoms with Crippen LogP contribution >= 0.6 is 0 Å². The maximum atomic E-state index is 15.2. The average Bonchev–Trinajstić information content (AvgIpc) is 4.03. The summed E-state index contributed by atoms with van der Waals surface area (Å²) in [6.45, 7) is 4.95. The number of aromatic nitrogens is 7. The second-order valence-corrected chi connectivity index (χ2v) is 16.6. The van der Waals surface area contributed by atoms with Gasteiger partial charge in [0.1, 0.15) is 59.2 Å². The molecular formula is C43H44F2N12O4. The van der Waals surface area contributed by atoms with Crippen LogP contribution in [0.2, 0.25) is 0 Å². The van der Waals surface area contributed by atoms with Crippen LogP contribution in [0.1, 0.15) is 31.5 Å². The number of amides is 2. The van der Waals surface area contributed by atoms with E-state index in [9.17, 15) is 9.18 Å². The highest BCUT2D eigenvalue weighted by Crippen LogP contribution is 2.38. The van der Waals surface area contributed by atoms with Crippen molar-refractivity contribution in [2.45, 2.75) is 63.4 Å². The lowest BCUT2D eigenvalue weighted by atomic mass is 10.1. The van der Waals surface area contributed by atoms with Crippen molar-refractivity contribution in [2.24, 2.45) is 0 Å². The Bertz CT molecular complexity index is 2740. The maximum absolute atomic E-state index is 15.2. The number of fused-ring (bicyclic) bond motifs is 12. The lowest BCUT2D eigenvalue weighted by molar-refractivity contribution is -0.133. The molecule has 5 aliphatic heterocycles. The molecule has 18 heteroatoms. The molecule has 3 fully saturated rings. The maximum Gasteiger partial charge on any atom is 0.245 e. The van der Waals surface area contributed by atoms with Crippen LogP contribution in [0.25, 0.3) is 39.0 Å². The molecule has 0 unspecified atom stereocenters. The Hall–Kier alpha value is -6.43. The number of nitrogens with one attached hydrogen (secondary N) is 1. The Morgan fingerprint density at radius 2 is 1.75 bits per heavy atom. The van der Waals surface area contributed by atoms with Gasteiger partial charge >= 0.3 is 0 Å². The Morgan fingerprint density at radius 1 is 0.852 bits per heavy atom. The van der Waals surface area contributed by atoms with E-state index in [-0.39, 0.29) is 36.3 Å². The van der Waals surface area contributed by atoms with Crippen LogP contribution in [0.5, 0.6) is 5.75 Å². The number of hydrogen-bond acceptors (Lipinski definition) is 12. The van der Waals surface area contributed by atoms with Gasteiger partial charge in [-0.3, -0.25) is 9.59 Å². The zero-order valence-electron chi connectivity index (χ0n) is 33.8. The molecule has 16 nitrogen and oxygen atoms in total. The molecule has 4 aromatic heterocycles. The summed E-state index contributed by atoms with van der Waals surface area (Å²) >= 11 is 0. The third-order valence-electron chi connectivity index (χ3n) is 12.7. The highest BCUT2D eigenvalue weighted by Gasteiger charge is 2.43. The highest BCUT2D eigenvalue weighted by atomic mass is 19.1. The van der Waals surface area contributed by atoms with Crippen molar-refractivity contribution in [3.63, 3.8) is 0 Å². The second kappa shape index (κ2) is 14.6. The zero-order valence-corrected chi connectivity index (χ0v) is 33.8. The molecule has 0 saturated carbocycles. The Balaban J connectivity index is 1.07. The average molecular weight is 831 g/mol. The summed E-state index contributed by atoms with van der Waals surface area (Å²) in [5, 5.41) is 8.99. The monoisotopic (exact) mass is 830 g/mol. The minimum atomic E-state index is -0.666. The van der Waals surface area contributed by atoms with Gasteiger partial charge in [0.2, 0.25) is 17.8 Å². The van der Waals surface area contributed by atoms with Crippen molar-refractivity contribution >= 4 is 51.5 Å². The number of nitrogens with zero attached hydrogens (tertiary/aromatic N) is 11. The molecule has 9 heterocycles. The van der Waals surface area contributed by atoms with E-state index >= 15 is 9.18 Å². The molecular weight excluding hydrogens is 787 g/mol. The molecule has 0 aliphatic carbocycles. The number of benzene rings is 2. The van der Waals surface area contributed by atoms with Crippen LogP contribution in [0.3, 0.4) is 0 Å². The molecule has 0 spiro atoms. The largest absolute Gasteiger partial charge is 0.489 e. The van der Waals surface area contributed by atoms with E-state index in [1.807, 2.05) is 44.4 Å². The predicted octanol–water partition coefficient (Wildman–Crippen LogP) is 4.32. The Labute approximate surface area is 349 Å². The van der Waals surface area contributed by atoms with E-state index in [1.165, 1.54) is 24.3 Å². The van der Waals surface area contributed by atoms with Gasteiger partial charge in [0.05, 0.1) is 47.5 Å². The van der Waals surface area contributed by atoms with Crippen LogP contribution in [0, 0.1) is 18.6 Å². The van der Waals surface area contributed by atoms with Gasteiger partial charge in [-0.2, -0.15) is 15.1 Å². The number of anilines is 3. The molecule has 1 N–H and O–H groups in total. The van der Waals surface area contributed by atoms with Gasteiger partial charge < -0.3 is 39.0 Å². The summed E-state index contributed by atoms with van der Waals surface area (Å²) in [5.74, 6) is 1.32. The van der Waals surface area contributed by atoms with E-state index in [4.69, 9.17) is 34.5 Å². The highest BCUT2D eigenvalue weighted by molar-refractivity contribution is 5.95. The molecule has 8 bridgehead atoms. The fourth-order valence-electron chi connectivity index (χ4n) is 9.78. The van der Waals surface area contributed by atoms with Crippen molar-refractivity contribution in [3.8, 4) is 22.7 Å². The quantitative estimate of drug-likeness (QED) is 0.251. The minimum Gasteiger partial charge on any atom is -0.489 e. The third-order valence-corrected chi connectivity index (χ3v) is 12.7. The van der Waals surface area contributed by atoms with Gasteiger partial charge in [0.25, 0.3) is 0 Å². The SMILES string of the molecule is Cc1nc2cc(F)cc3c2n1C[C@H]1CN(CCCO1)C(=O)[C@@H]1C[C@@H](CN1c1nc2nc4c1cnn4-c1ccc(F)cc1OCCN(C)C(=O)[C@@H]1CCCN21)Nc1cccc-3n1. The number of pyridine rings is 1. The standard InChI is InChI=1S/C43H44F2N12O4/c1-24-47-32-17-26(45)16-29-31-6-3-8-37(49-31)48-27-19-35(42(59)53-11-5-14-60-28(22-53)23-55(24)38(29)32)56(21-27)39-30-20-46-57-33-10-9-25(44)18-36(33)61-15-13-52(2)41(58)34-7-4-12-54(34)43(50-39)51-40(30)57/h3,6,8-10,16-18,20,27-28,34-35H,4-5,7,11-15,19,21-23H2,1-2H3,(H,48,49)/t27-,28+,34-,35-/m0/s1. The van der Waals surface area contributed by atoms with Gasteiger partial charge in [0, 0.05) is 63.6 Å². The van der Waals surface area contributed by atoms with E-state index in [0.717, 1.165) is 11.9 Å². The summed E-state index contributed by atoms with van der Waals surface area (Å²) in [5.41, 5.74) is 3.39. The lowest BCUT2D eigenvalue weighted by Gasteiger charge is -2.32. The van der Waals surface area contributed by atoms with Crippen molar-refractivity contribution in [2.75, 3.05) is 68.1 Å². The molecule has 11 rings (SSSR count). The van der Waals surface area contributed by atoms with Crippen molar-refractivity contribution in [1.82, 2.24) is 44.1 Å². The number of likely N-dealkylation sites (N-methyl/N-ethyl adjacent to an activating group) is 1.